The van der Waals surface area contributed by atoms with Crippen LogP contribution >= 0.6 is 22.9 Å². The Morgan fingerprint density at radius 2 is 1.73 bits per heavy atom. The molecule has 0 atom stereocenters. The number of hydrogen-bond acceptors (Lipinski definition) is 4. The largest absolute Gasteiger partial charge is 0.368 e. The van der Waals surface area contributed by atoms with Gasteiger partial charge in [-0.1, -0.05) is 48.0 Å². The van der Waals surface area contributed by atoms with Crippen LogP contribution in [0.1, 0.15) is 29.9 Å². The number of para-hydroxylation sites is 1. The number of amides is 1. The maximum Gasteiger partial charge on any atom is 0.232 e. The van der Waals surface area contributed by atoms with Crippen molar-refractivity contribution in [2.75, 3.05) is 37.6 Å². The number of nitrogens with one attached hydrogen (secondary N) is 1. The zero-order valence-corrected chi connectivity index (χ0v) is 21.0. The molecule has 4 rings (SSSR count). The number of halogens is 1. The molecule has 1 aromatic heterocycles. The van der Waals surface area contributed by atoms with E-state index in [-0.39, 0.29) is 5.91 Å². The fraction of sp³-hybridized carbons (Fsp3) is 0.370. The van der Waals surface area contributed by atoms with Crippen LogP contribution in [0.2, 0.25) is 5.02 Å². The van der Waals surface area contributed by atoms with Crippen molar-refractivity contribution in [3.05, 3.63) is 87.1 Å². The van der Waals surface area contributed by atoms with Crippen molar-refractivity contribution in [2.24, 2.45) is 0 Å². The van der Waals surface area contributed by atoms with Crippen LogP contribution in [0.25, 0.3) is 0 Å². The number of thiophene rings is 1. The van der Waals surface area contributed by atoms with Gasteiger partial charge in [0.1, 0.15) is 0 Å². The van der Waals surface area contributed by atoms with Crippen molar-refractivity contribution in [3.63, 3.8) is 0 Å². The second kappa shape index (κ2) is 10.7. The van der Waals surface area contributed by atoms with E-state index in [4.69, 9.17) is 11.6 Å². The molecule has 1 aliphatic rings. The zero-order chi connectivity index (χ0) is 23.3. The summed E-state index contributed by atoms with van der Waals surface area (Å²) in [6.45, 7) is 8.97. The summed E-state index contributed by atoms with van der Waals surface area (Å²) < 4.78 is 0. The molecule has 1 N–H and O–H groups in total. The SMILES string of the molecule is CC(C)(C(=O)N1CCN(c2ccccc2CNCCc2cccs2)CC1)c1ccc(Cl)cc1. The van der Waals surface area contributed by atoms with Crippen LogP contribution in [0, 0.1) is 0 Å². The highest BCUT2D eigenvalue weighted by atomic mass is 35.5. The van der Waals surface area contributed by atoms with E-state index in [9.17, 15) is 4.79 Å². The lowest BCUT2D eigenvalue weighted by Gasteiger charge is -2.40. The zero-order valence-electron chi connectivity index (χ0n) is 19.4. The van der Waals surface area contributed by atoms with E-state index >= 15 is 0 Å². The third-order valence-electron chi connectivity index (χ3n) is 6.44. The first-order chi connectivity index (χ1) is 15.9. The molecule has 0 unspecified atom stereocenters. The van der Waals surface area contributed by atoms with Crippen LogP contribution < -0.4 is 10.2 Å². The third kappa shape index (κ3) is 5.78. The Kier molecular flexibility index (Phi) is 7.74. The van der Waals surface area contributed by atoms with Crippen molar-refractivity contribution in [2.45, 2.75) is 32.2 Å². The van der Waals surface area contributed by atoms with Crippen LogP contribution in [0.4, 0.5) is 5.69 Å². The number of rotatable bonds is 8. The number of nitrogens with zero attached hydrogens (tertiary/aromatic N) is 2. The van der Waals surface area contributed by atoms with E-state index in [0.29, 0.717) is 5.02 Å². The number of carbonyl (C=O) groups excluding carboxylic acids is 1. The minimum absolute atomic E-state index is 0.174. The number of piperazine rings is 1. The van der Waals surface area contributed by atoms with Gasteiger partial charge in [-0.25, -0.2) is 0 Å². The lowest BCUT2D eigenvalue weighted by atomic mass is 9.83. The van der Waals surface area contributed by atoms with Crippen molar-refractivity contribution in [3.8, 4) is 0 Å². The fourth-order valence-corrected chi connectivity index (χ4v) is 5.23. The molecule has 0 saturated carbocycles. The summed E-state index contributed by atoms with van der Waals surface area (Å²) in [5, 5.41) is 6.42. The fourth-order valence-electron chi connectivity index (χ4n) is 4.39. The van der Waals surface area contributed by atoms with E-state index in [1.165, 1.54) is 16.1 Å². The summed E-state index contributed by atoms with van der Waals surface area (Å²) in [7, 11) is 0. The van der Waals surface area contributed by atoms with E-state index in [0.717, 1.165) is 51.3 Å². The average molecular weight is 482 g/mol. The van der Waals surface area contributed by atoms with Crippen LogP contribution in [0.3, 0.4) is 0 Å². The van der Waals surface area contributed by atoms with Crippen molar-refractivity contribution < 1.29 is 4.79 Å². The van der Waals surface area contributed by atoms with Crippen LogP contribution in [0.5, 0.6) is 0 Å². The molecule has 4 nitrogen and oxygen atoms in total. The molecular formula is C27H32ClN3OS. The van der Waals surface area contributed by atoms with Gasteiger partial charge in [0.05, 0.1) is 5.41 Å². The Labute approximate surface area is 206 Å². The monoisotopic (exact) mass is 481 g/mol. The van der Waals surface area contributed by atoms with Crippen LogP contribution in [0.15, 0.2) is 66.0 Å². The van der Waals surface area contributed by atoms with E-state index < -0.39 is 5.41 Å². The first-order valence-electron chi connectivity index (χ1n) is 11.6. The van der Waals surface area contributed by atoms with E-state index in [1.807, 2.05) is 54.3 Å². The van der Waals surface area contributed by atoms with Gasteiger partial charge in [-0.3, -0.25) is 4.79 Å². The first kappa shape index (κ1) is 23.8. The Hall–Kier alpha value is -2.34. The molecule has 1 saturated heterocycles. The van der Waals surface area contributed by atoms with Crippen LogP contribution in [-0.4, -0.2) is 43.5 Å². The Morgan fingerprint density at radius 1 is 1.00 bits per heavy atom. The lowest BCUT2D eigenvalue weighted by molar-refractivity contribution is -0.136. The second-order valence-electron chi connectivity index (χ2n) is 9.05. The number of hydrogen-bond donors (Lipinski definition) is 1. The number of anilines is 1. The highest BCUT2D eigenvalue weighted by Crippen LogP contribution is 2.29. The minimum Gasteiger partial charge on any atom is -0.368 e. The number of carbonyl (C=O) groups is 1. The number of benzene rings is 2. The smallest absolute Gasteiger partial charge is 0.232 e. The van der Waals surface area contributed by atoms with E-state index in [1.54, 1.807) is 0 Å². The van der Waals surface area contributed by atoms with Gasteiger partial charge in [0.25, 0.3) is 0 Å². The molecule has 2 aromatic carbocycles. The summed E-state index contributed by atoms with van der Waals surface area (Å²) in [5.41, 5.74) is 3.00. The highest BCUT2D eigenvalue weighted by Gasteiger charge is 2.35. The third-order valence-corrected chi connectivity index (χ3v) is 7.63. The van der Waals surface area contributed by atoms with Gasteiger partial charge >= 0.3 is 0 Å². The molecular weight excluding hydrogens is 450 g/mol. The predicted octanol–water partition coefficient (Wildman–Crippen LogP) is 5.36. The quantitative estimate of drug-likeness (QED) is 0.440. The summed E-state index contributed by atoms with van der Waals surface area (Å²) in [6.07, 6.45) is 1.06. The maximum atomic E-state index is 13.4. The van der Waals surface area contributed by atoms with Gasteiger partial charge < -0.3 is 15.1 Å². The Bertz CT molecular complexity index is 1040. The first-order valence-corrected chi connectivity index (χ1v) is 12.8. The molecule has 0 bridgehead atoms. The molecule has 1 amide bonds. The summed E-state index contributed by atoms with van der Waals surface area (Å²) in [6, 6.07) is 20.5. The summed E-state index contributed by atoms with van der Waals surface area (Å²) in [4.78, 5) is 19.2. The molecule has 1 fully saturated rings. The predicted molar refractivity (Wildman–Crippen MR) is 139 cm³/mol. The minimum atomic E-state index is -0.572. The van der Waals surface area contributed by atoms with Gasteiger partial charge in [0, 0.05) is 54.9 Å². The standard InChI is InChI=1S/C27H32ClN3OS/c1-27(2,22-9-11-23(28)12-10-22)26(32)31-17-15-30(16-18-31)25-8-4-3-6-21(25)20-29-14-13-24-7-5-19-33-24/h3-12,19,29H,13-18,20H2,1-2H3. The van der Waals surface area contributed by atoms with Crippen LogP contribution in [-0.2, 0) is 23.2 Å². The van der Waals surface area contributed by atoms with E-state index in [2.05, 4.69) is 52.0 Å². The molecule has 2 heterocycles. The summed E-state index contributed by atoms with van der Waals surface area (Å²) >= 11 is 7.85. The molecule has 3 aromatic rings. The summed E-state index contributed by atoms with van der Waals surface area (Å²) in [5.74, 6) is 0.174. The Balaban J connectivity index is 1.34. The van der Waals surface area contributed by atoms with Gasteiger partial charge in [-0.15, -0.1) is 11.3 Å². The molecule has 1 aliphatic heterocycles. The average Bonchev–Trinajstić information content (AvgIpc) is 3.36. The maximum absolute atomic E-state index is 13.4. The topological polar surface area (TPSA) is 35.6 Å². The molecule has 6 heteroatoms. The van der Waals surface area contributed by atoms with Crippen molar-refractivity contribution in [1.82, 2.24) is 10.2 Å². The van der Waals surface area contributed by atoms with Gasteiger partial charge in [0.15, 0.2) is 0 Å². The lowest BCUT2D eigenvalue weighted by Crippen LogP contribution is -2.53. The molecule has 174 valence electrons. The highest BCUT2D eigenvalue weighted by molar-refractivity contribution is 7.09. The van der Waals surface area contributed by atoms with Crippen molar-refractivity contribution in [1.29, 1.82) is 0 Å². The Morgan fingerprint density at radius 3 is 2.42 bits per heavy atom. The molecule has 33 heavy (non-hydrogen) atoms. The van der Waals surface area contributed by atoms with Gasteiger partial charge in [-0.2, -0.15) is 0 Å². The second-order valence-corrected chi connectivity index (χ2v) is 10.5. The molecule has 0 radical (unpaired) electrons. The van der Waals surface area contributed by atoms with Gasteiger partial charge in [-0.05, 0) is 61.0 Å². The molecule has 0 spiro atoms. The normalized spacial score (nSPS) is 14.5. The molecule has 0 aliphatic carbocycles. The van der Waals surface area contributed by atoms with Crippen molar-refractivity contribution >= 4 is 34.5 Å². The van der Waals surface area contributed by atoms with Gasteiger partial charge in [0.2, 0.25) is 5.91 Å².